The van der Waals surface area contributed by atoms with Crippen LogP contribution in [0.1, 0.15) is 10.4 Å². The summed E-state index contributed by atoms with van der Waals surface area (Å²) in [4.78, 5) is 19.7. The van der Waals surface area contributed by atoms with E-state index in [1.165, 1.54) is 12.6 Å². The van der Waals surface area contributed by atoms with Gasteiger partial charge in [-0.1, -0.05) is 0 Å². The number of hydrogen-bond acceptors (Lipinski definition) is 4. The Bertz CT molecular complexity index is 692. The minimum atomic E-state index is -0.189. The number of amides is 1. The summed E-state index contributed by atoms with van der Waals surface area (Å²) in [5, 5.41) is 2.81. The Morgan fingerprint density at radius 2 is 1.90 bits per heavy atom. The molecule has 0 unspecified atom stereocenters. The van der Waals surface area contributed by atoms with Gasteiger partial charge in [0, 0.05) is 23.6 Å². The summed E-state index contributed by atoms with van der Waals surface area (Å²) in [6, 6.07) is 10.8. The molecule has 0 fully saturated rings. The van der Waals surface area contributed by atoms with Crippen molar-refractivity contribution in [1.82, 2.24) is 9.97 Å². The molecule has 2 aromatic heterocycles. The second-order valence-corrected chi connectivity index (χ2v) is 4.14. The monoisotopic (exact) mass is 265 g/mol. The van der Waals surface area contributed by atoms with Crippen LogP contribution in [0.5, 0.6) is 0 Å². The van der Waals surface area contributed by atoms with Crippen molar-refractivity contribution in [1.29, 1.82) is 0 Å². The van der Waals surface area contributed by atoms with Crippen LogP contribution < -0.4 is 5.32 Å². The van der Waals surface area contributed by atoms with Gasteiger partial charge in [0.1, 0.15) is 0 Å². The number of carbonyl (C=O) groups excluding carboxylic acids is 1. The first kappa shape index (κ1) is 12.1. The number of aromatic nitrogens is 2. The molecular weight excluding hydrogens is 254 g/mol. The number of carbonyl (C=O) groups is 1. The maximum Gasteiger partial charge on any atom is 0.257 e. The molecule has 3 aromatic rings. The van der Waals surface area contributed by atoms with Gasteiger partial charge in [-0.05, 0) is 36.4 Å². The quantitative estimate of drug-likeness (QED) is 0.790. The van der Waals surface area contributed by atoms with Crippen LogP contribution in [-0.2, 0) is 0 Å². The zero-order valence-corrected chi connectivity index (χ0v) is 10.5. The van der Waals surface area contributed by atoms with Crippen molar-refractivity contribution in [2.75, 3.05) is 5.32 Å². The zero-order chi connectivity index (χ0) is 13.8. The molecule has 0 saturated heterocycles. The lowest BCUT2D eigenvalue weighted by Gasteiger charge is -2.05. The normalized spacial score (nSPS) is 10.2. The molecule has 20 heavy (non-hydrogen) atoms. The van der Waals surface area contributed by atoms with E-state index in [2.05, 4.69) is 15.3 Å². The van der Waals surface area contributed by atoms with E-state index < -0.39 is 0 Å². The first-order chi connectivity index (χ1) is 9.83. The molecule has 5 nitrogen and oxygen atoms in total. The highest BCUT2D eigenvalue weighted by Gasteiger charge is 2.06. The summed E-state index contributed by atoms with van der Waals surface area (Å²) in [6.07, 6.45) is 6.18. The average Bonchev–Trinajstić information content (AvgIpc) is 3.03. The van der Waals surface area contributed by atoms with E-state index in [4.69, 9.17) is 4.42 Å². The van der Waals surface area contributed by atoms with Gasteiger partial charge in [-0.15, -0.1) is 0 Å². The number of oxazole rings is 1. The van der Waals surface area contributed by atoms with Gasteiger partial charge >= 0.3 is 0 Å². The third kappa shape index (κ3) is 2.56. The predicted molar refractivity (Wildman–Crippen MR) is 74.1 cm³/mol. The molecule has 2 heterocycles. The zero-order valence-electron chi connectivity index (χ0n) is 10.5. The van der Waals surface area contributed by atoms with Gasteiger partial charge in [0.25, 0.3) is 5.91 Å². The molecule has 0 aliphatic heterocycles. The fourth-order valence-corrected chi connectivity index (χ4v) is 1.78. The minimum Gasteiger partial charge on any atom is -0.444 e. The molecule has 0 atom stereocenters. The number of anilines is 1. The molecule has 0 saturated carbocycles. The van der Waals surface area contributed by atoms with E-state index in [0.29, 0.717) is 17.0 Å². The summed E-state index contributed by atoms with van der Waals surface area (Å²) in [7, 11) is 0. The summed E-state index contributed by atoms with van der Waals surface area (Å²) >= 11 is 0. The van der Waals surface area contributed by atoms with Crippen molar-refractivity contribution in [2.24, 2.45) is 0 Å². The predicted octanol–water partition coefficient (Wildman–Crippen LogP) is 2.99. The standard InChI is InChI=1S/C15H11N3O2/c19-15(12-2-1-7-16-8-12)18-13-5-3-11(4-6-13)14-9-17-10-20-14/h1-10H,(H,18,19). The molecule has 0 aliphatic rings. The van der Waals surface area contributed by atoms with E-state index in [1.54, 1.807) is 24.5 Å². The molecule has 1 aromatic carbocycles. The molecule has 0 spiro atoms. The lowest BCUT2D eigenvalue weighted by Crippen LogP contribution is -2.11. The van der Waals surface area contributed by atoms with Gasteiger partial charge in [-0.3, -0.25) is 9.78 Å². The van der Waals surface area contributed by atoms with E-state index in [-0.39, 0.29) is 5.91 Å². The second kappa shape index (κ2) is 5.36. The highest BCUT2D eigenvalue weighted by Crippen LogP contribution is 2.20. The van der Waals surface area contributed by atoms with Gasteiger partial charge in [-0.25, -0.2) is 4.98 Å². The highest BCUT2D eigenvalue weighted by atomic mass is 16.3. The van der Waals surface area contributed by atoms with Crippen LogP contribution in [0, 0.1) is 0 Å². The van der Waals surface area contributed by atoms with Crippen molar-refractivity contribution >= 4 is 11.6 Å². The van der Waals surface area contributed by atoms with Crippen molar-refractivity contribution in [2.45, 2.75) is 0 Å². The molecule has 0 bridgehead atoms. The maximum atomic E-state index is 11.9. The lowest BCUT2D eigenvalue weighted by molar-refractivity contribution is 0.102. The van der Waals surface area contributed by atoms with Crippen LogP contribution in [0.3, 0.4) is 0 Å². The van der Waals surface area contributed by atoms with E-state index in [1.807, 2.05) is 24.3 Å². The van der Waals surface area contributed by atoms with E-state index >= 15 is 0 Å². The summed E-state index contributed by atoms with van der Waals surface area (Å²) in [6.45, 7) is 0. The first-order valence-electron chi connectivity index (χ1n) is 6.03. The first-order valence-corrected chi connectivity index (χ1v) is 6.03. The third-order valence-electron chi connectivity index (χ3n) is 2.78. The molecule has 5 heteroatoms. The Morgan fingerprint density at radius 1 is 1.05 bits per heavy atom. The molecular formula is C15H11N3O2. The maximum absolute atomic E-state index is 11.9. The van der Waals surface area contributed by atoms with Gasteiger partial charge in [0.2, 0.25) is 0 Å². The minimum absolute atomic E-state index is 0.189. The Kier molecular flexibility index (Phi) is 3.24. The summed E-state index contributed by atoms with van der Waals surface area (Å²) in [5.74, 6) is 0.501. The van der Waals surface area contributed by atoms with Crippen molar-refractivity contribution in [3.63, 3.8) is 0 Å². The van der Waals surface area contributed by atoms with Gasteiger partial charge < -0.3 is 9.73 Å². The number of benzene rings is 1. The van der Waals surface area contributed by atoms with Crippen LogP contribution in [0.25, 0.3) is 11.3 Å². The van der Waals surface area contributed by atoms with Crippen molar-refractivity contribution < 1.29 is 9.21 Å². The molecule has 98 valence electrons. The number of pyridine rings is 1. The fourth-order valence-electron chi connectivity index (χ4n) is 1.78. The van der Waals surface area contributed by atoms with E-state index in [0.717, 1.165) is 5.56 Å². The van der Waals surface area contributed by atoms with Crippen molar-refractivity contribution in [3.8, 4) is 11.3 Å². The topological polar surface area (TPSA) is 68.0 Å². The Labute approximate surface area is 115 Å². The van der Waals surface area contributed by atoms with Gasteiger partial charge in [-0.2, -0.15) is 0 Å². The number of rotatable bonds is 3. The van der Waals surface area contributed by atoms with Gasteiger partial charge in [0.15, 0.2) is 12.2 Å². The highest BCUT2D eigenvalue weighted by molar-refractivity contribution is 6.04. The largest absolute Gasteiger partial charge is 0.444 e. The molecule has 1 N–H and O–H groups in total. The molecule has 3 rings (SSSR count). The fraction of sp³-hybridized carbons (Fsp3) is 0. The van der Waals surface area contributed by atoms with Crippen molar-refractivity contribution in [3.05, 3.63) is 66.9 Å². The molecule has 1 amide bonds. The Hall–Kier alpha value is -2.95. The summed E-state index contributed by atoms with van der Waals surface area (Å²) in [5.41, 5.74) is 2.14. The van der Waals surface area contributed by atoms with Crippen LogP contribution in [0.15, 0.2) is 65.8 Å². The van der Waals surface area contributed by atoms with E-state index in [9.17, 15) is 4.79 Å². The average molecular weight is 265 g/mol. The van der Waals surface area contributed by atoms with Crippen LogP contribution >= 0.6 is 0 Å². The third-order valence-corrected chi connectivity index (χ3v) is 2.78. The molecule has 0 radical (unpaired) electrons. The van der Waals surface area contributed by atoms with Gasteiger partial charge in [0.05, 0.1) is 11.8 Å². The SMILES string of the molecule is O=C(Nc1ccc(-c2cnco2)cc1)c1cccnc1. The van der Waals surface area contributed by atoms with Crippen LogP contribution in [0.2, 0.25) is 0 Å². The lowest BCUT2D eigenvalue weighted by atomic mass is 10.1. The Morgan fingerprint density at radius 3 is 2.55 bits per heavy atom. The number of hydrogen-bond donors (Lipinski definition) is 1. The summed E-state index contributed by atoms with van der Waals surface area (Å²) < 4.78 is 5.20. The Balaban J connectivity index is 1.74. The smallest absolute Gasteiger partial charge is 0.257 e. The number of nitrogens with one attached hydrogen (secondary N) is 1. The van der Waals surface area contributed by atoms with Crippen LogP contribution in [-0.4, -0.2) is 15.9 Å². The number of nitrogens with zero attached hydrogens (tertiary/aromatic N) is 2. The second-order valence-electron chi connectivity index (χ2n) is 4.14. The molecule has 0 aliphatic carbocycles. The van der Waals surface area contributed by atoms with Crippen LogP contribution in [0.4, 0.5) is 5.69 Å².